The molecular weight excluding hydrogens is 434 g/mol. The van der Waals surface area contributed by atoms with Crippen LogP contribution in [0.5, 0.6) is 0 Å². The van der Waals surface area contributed by atoms with Crippen LogP contribution in [0.4, 0.5) is 5.82 Å². The van der Waals surface area contributed by atoms with E-state index < -0.39 is 5.97 Å². The average Bonchev–Trinajstić information content (AvgIpc) is 2.84. The second-order valence-corrected chi connectivity index (χ2v) is 9.94. The maximum absolute atomic E-state index is 10.7. The van der Waals surface area contributed by atoms with Crippen LogP contribution in [0.25, 0.3) is 22.5 Å². The highest BCUT2D eigenvalue weighted by Crippen LogP contribution is 2.36. The third-order valence-electron chi connectivity index (χ3n) is 7.22. The van der Waals surface area contributed by atoms with Gasteiger partial charge in [0.2, 0.25) is 0 Å². The van der Waals surface area contributed by atoms with Gasteiger partial charge >= 0.3 is 5.97 Å². The van der Waals surface area contributed by atoms with Crippen LogP contribution in [-0.4, -0.2) is 34.1 Å². The van der Waals surface area contributed by atoms with Gasteiger partial charge < -0.3 is 10.0 Å². The topological polar surface area (TPSA) is 66.3 Å². The quantitative estimate of drug-likeness (QED) is 0.346. The summed E-state index contributed by atoms with van der Waals surface area (Å²) >= 11 is 0. The number of unbranched alkanes of at least 4 members (excludes halogenated alkanes) is 3. The van der Waals surface area contributed by atoms with E-state index >= 15 is 0 Å². The van der Waals surface area contributed by atoms with Gasteiger partial charge in [-0.1, -0.05) is 37.1 Å². The number of carboxylic acid groups (broad SMARTS) is 1. The van der Waals surface area contributed by atoms with E-state index in [-0.39, 0.29) is 6.42 Å². The maximum Gasteiger partial charge on any atom is 0.303 e. The molecular formula is C30H37N3O2. The summed E-state index contributed by atoms with van der Waals surface area (Å²) in [5.74, 6) is 0.311. The third-order valence-corrected chi connectivity index (χ3v) is 7.22. The van der Waals surface area contributed by atoms with Crippen LogP contribution in [0, 0.1) is 27.7 Å². The molecule has 5 heteroatoms. The Hall–Kier alpha value is -3.21. The van der Waals surface area contributed by atoms with Gasteiger partial charge in [-0.2, -0.15) is 0 Å². The highest BCUT2D eigenvalue weighted by molar-refractivity contribution is 5.80. The Morgan fingerprint density at radius 3 is 2.03 bits per heavy atom. The number of rotatable bonds is 9. The van der Waals surface area contributed by atoms with E-state index in [1.54, 1.807) is 0 Å². The first-order valence-electron chi connectivity index (χ1n) is 12.9. The minimum atomic E-state index is -0.705. The summed E-state index contributed by atoms with van der Waals surface area (Å²) in [6, 6.07) is 13.1. The van der Waals surface area contributed by atoms with Gasteiger partial charge in [-0.05, 0) is 87.8 Å². The molecule has 4 rings (SSSR count). The standard InChI is InChI=1S/C30H37N3O2/c1-20-12-14-24(18-22(20)3)28-29(25-15-13-21(2)23(4)19-25)32-30-26(31-28)10-9-17-33(30)16-8-6-5-7-11-27(34)35/h12-15,18-19H,5-11,16-17H2,1-4H3,(H,34,35). The predicted octanol–water partition coefficient (Wildman–Crippen LogP) is 6.83. The third kappa shape index (κ3) is 5.90. The molecule has 1 aliphatic heterocycles. The molecule has 2 aromatic carbocycles. The zero-order valence-electron chi connectivity index (χ0n) is 21.5. The average molecular weight is 472 g/mol. The molecule has 0 saturated carbocycles. The molecule has 0 amide bonds. The van der Waals surface area contributed by atoms with Crippen molar-refractivity contribution in [1.82, 2.24) is 9.97 Å². The van der Waals surface area contributed by atoms with E-state index in [1.165, 1.54) is 22.3 Å². The largest absolute Gasteiger partial charge is 0.481 e. The van der Waals surface area contributed by atoms with Crippen molar-refractivity contribution in [2.24, 2.45) is 0 Å². The normalized spacial score (nSPS) is 13.1. The van der Waals surface area contributed by atoms with Crippen molar-refractivity contribution in [3.63, 3.8) is 0 Å². The monoisotopic (exact) mass is 471 g/mol. The van der Waals surface area contributed by atoms with Gasteiger partial charge in [0.1, 0.15) is 0 Å². The smallest absolute Gasteiger partial charge is 0.303 e. The van der Waals surface area contributed by atoms with Gasteiger partial charge in [-0.3, -0.25) is 4.79 Å². The molecule has 184 valence electrons. The summed E-state index contributed by atoms with van der Waals surface area (Å²) in [5.41, 5.74) is 10.3. The van der Waals surface area contributed by atoms with Crippen molar-refractivity contribution in [3.05, 3.63) is 64.3 Å². The second kappa shape index (κ2) is 11.0. The summed E-state index contributed by atoms with van der Waals surface area (Å²) in [6.07, 6.45) is 6.08. The van der Waals surface area contributed by atoms with Gasteiger partial charge in [0.25, 0.3) is 0 Å². The van der Waals surface area contributed by atoms with Gasteiger partial charge in [-0.15, -0.1) is 0 Å². The first-order valence-corrected chi connectivity index (χ1v) is 12.9. The minimum Gasteiger partial charge on any atom is -0.481 e. The van der Waals surface area contributed by atoms with Gasteiger partial charge in [-0.25, -0.2) is 9.97 Å². The number of aryl methyl sites for hydroxylation is 5. The number of carboxylic acids is 1. The number of aliphatic carboxylic acids is 1. The number of fused-ring (bicyclic) bond motifs is 1. The molecule has 1 aromatic heterocycles. The molecule has 0 atom stereocenters. The molecule has 0 fully saturated rings. The van der Waals surface area contributed by atoms with Crippen molar-refractivity contribution in [1.29, 1.82) is 0 Å². The predicted molar refractivity (Wildman–Crippen MR) is 143 cm³/mol. The van der Waals surface area contributed by atoms with E-state index in [4.69, 9.17) is 15.1 Å². The lowest BCUT2D eigenvalue weighted by atomic mass is 9.97. The van der Waals surface area contributed by atoms with Crippen molar-refractivity contribution < 1.29 is 9.90 Å². The molecule has 0 aliphatic carbocycles. The van der Waals surface area contributed by atoms with Crippen molar-refractivity contribution >= 4 is 11.8 Å². The molecule has 0 unspecified atom stereocenters. The van der Waals surface area contributed by atoms with Crippen LogP contribution >= 0.6 is 0 Å². The van der Waals surface area contributed by atoms with E-state index in [0.717, 1.165) is 85.6 Å². The van der Waals surface area contributed by atoms with Crippen LogP contribution < -0.4 is 4.90 Å². The molecule has 0 radical (unpaired) electrons. The molecule has 1 aliphatic rings. The SMILES string of the molecule is Cc1ccc(-c2nc3c(nc2-c2ccc(C)c(C)c2)N(CCCCCCC(=O)O)CCC3)cc1C. The fraction of sp³-hybridized carbons (Fsp3) is 0.433. The van der Waals surface area contributed by atoms with Crippen LogP contribution in [0.1, 0.15) is 66.5 Å². The Labute approximate surface area is 209 Å². The summed E-state index contributed by atoms with van der Waals surface area (Å²) in [6.45, 7) is 10.5. The summed E-state index contributed by atoms with van der Waals surface area (Å²) in [5, 5.41) is 8.85. The lowest BCUT2D eigenvalue weighted by Gasteiger charge is -2.30. The summed E-state index contributed by atoms with van der Waals surface area (Å²) < 4.78 is 0. The first-order chi connectivity index (χ1) is 16.8. The van der Waals surface area contributed by atoms with Crippen molar-refractivity contribution in [2.45, 2.75) is 72.6 Å². The van der Waals surface area contributed by atoms with E-state index in [0.29, 0.717) is 0 Å². The fourth-order valence-corrected chi connectivity index (χ4v) is 4.76. The van der Waals surface area contributed by atoms with Gasteiger partial charge in [0.05, 0.1) is 17.1 Å². The first kappa shape index (κ1) is 24.9. The highest BCUT2D eigenvalue weighted by Gasteiger charge is 2.24. The zero-order chi connectivity index (χ0) is 24.9. The molecule has 0 spiro atoms. The minimum absolute atomic E-state index is 0.263. The Morgan fingerprint density at radius 1 is 0.829 bits per heavy atom. The lowest BCUT2D eigenvalue weighted by molar-refractivity contribution is -0.137. The Balaban J connectivity index is 1.68. The number of hydrogen-bond donors (Lipinski definition) is 1. The van der Waals surface area contributed by atoms with E-state index in [9.17, 15) is 4.79 Å². The molecule has 5 nitrogen and oxygen atoms in total. The van der Waals surface area contributed by atoms with Crippen LogP contribution in [-0.2, 0) is 11.2 Å². The zero-order valence-corrected chi connectivity index (χ0v) is 21.5. The van der Waals surface area contributed by atoms with Crippen molar-refractivity contribution in [2.75, 3.05) is 18.0 Å². The number of carbonyl (C=O) groups is 1. The van der Waals surface area contributed by atoms with Crippen LogP contribution in [0.3, 0.4) is 0 Å². The van der Waals surface area contributed by atoms with Crippen LogP contribution in [0.2, 0.25) is 0 Å². The molecule has 0 bridgehead atoms. The molecule has 35 heavy (non-hydrogen) atoms. The molecule has 3 aromatic rings. The summed E-state index contributed by atoms with van der Waals surface area (Å²) in [7, 11) is 0. The molecule has 1 N–H and O–H groups in total. The fourth-order valence-electron chi connectivity index (χ4n) is 4.76. The Kier molecular flexibility index (Phi) is 7.84. The lowest BCUT2D eigenvalue weighted by Crippen LogP contribution is -2.32. The maximum atomic E-state index is 10.7. The Morgan fingerprint density at radius 2 is 1.43 bits per heavy atom. The Bertz CT molecular complexity index is 1220. The molecule has 0 saturated heterocycles. The number of benzene rings is 2. The highest BCUT2D eigenvalue weighted by atomic mass is 16.4. The molecule has 2 heterocycles. The van der Waals surface area contributed by atoms with Crippen LogP contribution in [0.15, 0.2) is 36.4 Å². The number of hydrogen-bond acceptors (Lipinski definition) is 4. The van der Waals surface area contributed by atoms with Gasteiger partial charge in [0.15, 0.2) is 5.82 Å². The van der Waals surface area contributed by atoms with E-state index in [1.807, 2.05) is 0 Å². The van der Waals surface area contributed by atoms with E-state index in [2.05, 4.69) is 69.0 Å². The number of nitrogens with zero attached hydrogens (tertiary/aromatic N) is 3. The number of aromatic nitrogens is 2. The summed E-state index contributed by atoms with van der Waals surface area (Å²) in [4.78, 5) is 23.7. The van der Waals surface area contributed by atoms with Gasteiger partial charge in [0, 0.05) is 30.6 Å². The number of anilines is 1. The van der Waals surface area contributed by atoms with Crippen molar-refractivity contribution in [3.8, 4) is 22.5 Å². The second-order valence-electron chi connectivity index (χ2n) is 9.94.